The fourth-order valence-electron chi connectivity index (χ4n) is 2.05. The highest BCUT2D eigenvalue weighted by atomic mass is 16.5. The van der Waals surface area contributed by atoms with Crippen LogP contribution in [0.1, 0.15) is 42.1 Å². The number of ketones is 1. The van der Waals surface area contributed by atoms with Crippen LogP contribution >= 0.6 is 0 Å². The van der Waals surface area contributed by atoms with Gasteiger partial charge < -0.3 is 4.74 Å². The Labute approximate surface area is 96.6 Å². The third kappa shape index (κ3) is 2.26. The summed E-state index contributed by atoms with van der Waals surface area (Å²) in [6.07, 6.45) is 3.30. The van der Waals surface area contributed by atoms with Crippen molar-refractivity contribution < 1.29 is 9.53 Å². The van der Waals surface area contributed by atoms with Gasteiger partial charge in [0.1, 0.15) is 5.75 Å². The van der Waals surface area contributed by atoms with Gasteiger partial charge in [-0.2, -0.15) is 0 Å². The van der Waals surface area contributed by atoms with Gasteiger partial charge in [0.25, 0.3) is 0 Å². The monoisotopic (exact) mass is 218 g/mol. The van der Waals surface area contributed by atoms with Gasteiger partial charge in [-0.1, -0.05) is 6.42 Å². The van der Waals surface area contributed by atoms with Crippen molar-refractivity contribution in [1.29, 1.82) is 0 Å². The Morgan fingerprint density at radius 2 is 2.12 bits per heavy atom. The number of carbonyl (C=O) groups excluding carboxylic acids is 1. The van der Waals surface area contributed by atoms with Crippen molar-refractivity contribution >= 4 is 5.78 Å². The van der Waals surface area contributed by atoms with Crippen molar-refractivity contribution in [3.05, 3.63) is 29.3 Å². The second-order valence-corrected chi connectivity index (χ2v) is 4.46. The van der Waals surface area contributed by atoms with E-state index in [4.69, 9.17) is 4.74 Å². The molecular weight excluding hydrogens is 200 g/mol. The third-order valence-corrected chi connectivity index (χ3v) is 3.12. The average molecular weight is 218 g/mol. The largest absolute Gasteiger partial charge is 0.494 e. The van der Waals surface area contributed by atoms with Gasteiger partial charge in [-0.3, -0.25) is 4.79 Å². The van der Waals surface area contributed by atoms with Crippen LogP contribution in [0.25, 0.3) is 0 Å². The fourth-order valence-corrected chi connectivity index (χ4v) is 2.05. The minimum absolute atomic E-state index is 0.260. The third-order valence-electron chi connectivity index (χ3n) is 3.12. The van der Waals surface area contributed by atoms with Crippen LogP contribution in [0, 0.1) is 12.8 Å². The van der Waals surface area contributed by atoms with Crippen molar-refractivity contribution in [2.24, 2.45) is 5.92 Å². The second-order valence-electron chi connectivity index (χ2n) is 4.46. The number of hydrogen-bond acceptors (Lipinski definition) is 2. The van der Waals surface area contributed by atoms with Crippen LogP contribution in [0.5, 0.6) is 5.75 Å². The highest BCUT2D eigenvalue weighted by Gasteiger charge is 2.26. The van der Waals surface area contributed by atoms with E-state index in [9.17, 15) is 4.79 Å². The minimum atomic E-state index is 0.260. The molecule has 1 aliphatic rings. The van der Waals surface area contributed by atoms with E-state index in [1.54, 1.807) is 0 Å². The maximum atomic E-state index is 12.1. The normalized spacial score (nSPS) is 15.6. The Morgan fingerprint density at radius 3 is 2.69 bits per heavy atom. The minimum Gasteiger partial charge on any atom is -0.494 e. The maximum absolute atomic E-state index is 12.1. The van der Waals surface area contributed by atoms with E-state index in [-0.39, 0.29) is 11.7 Å². The van der Waals surface area contributed by atoms with E-state index >= 15 is 0 Å². The predicted molar refractivity (Wildman–Crippen MR) is 64.0 cm³/mol. The van der Waals surface area contributed by atoms with Crippen LogP contribution in [0.15, 0.2) is 18.2 Å². The Bertz CT molecular complexity index is 392. The Hall–Kier alpha value is -1.31. The zero-order valence-corrected chi connectivity index (χ0v) is 9.95. The Balaban J connectivity index is 2.21. The molecule has 0 radical (unpaired) electrons. The van der Waals surface area contributed by atoms with E-state index in [1.165, 1.54) is 6.42 Å². The van der Waals surface area contributed by atoms with E-state index in [0.29, 0.717) is 6.61 Å². The van der Waals surface area contributed by atoms with Crippen molar-refractivity contribution in [1.82, 2.24) is 0 Å². The van der Waals surface area contributed by atoms with Gasteiger partial charge in [-0.15, -0.1) is 0 Å². The molecule has 0 heterocycles. The van der Waals surface area contributed by atoms with Crippen LogP contribution in [0.4, 0.5) is 0 Å². The summed E-state index contributed by atoms with van der Waals surface area (Å²) in [5.74, 6) is 1.36. The lowest BCUT2D eigenvalue weighted by Crippen LogP contribution is -2.22. The molecule has 16 heavy (non-hydrogen) atoms. The zero-order chi connectivity index (χ0) is 11.5. The smallest absolute Gasteiger partial charge is 0.166 e. The van der Waals surface area contributed by atoms with Gasteiger partial charge in [0.2, 0.25) is 0 Å². The molecule has 1 aromatic rings. The lowest BCUT2D eigenvalue weighted by Gasteiger charge is -2.24. The van der Waals surface area contributed by atoms with Gasteiger partial charge in [-0.25, -0.2) is 0 Å². The molecule has 0 bridgehead atoms. The molecule has 0 N–H and O–H groups in total. The summed E-state index contributed by atoms with van der Waals surface area (Å²) < 4.78 is 5.46. The summed E-state index contributed by atoms with van der Waals surface area (Å²) in [7, 11) is 0. The quantitative estimate of drug-likeness (QED) is 0.724. The number of hydrogen-bond donors (Lipinski definition) is 0. The molecule has 0 aliphatic heterocycles. The standard InChI is InChI=1S/C14H18O2/c1-3-16-13-8-10(2)7-12(9-13)14(15)11-5-4-6-11/h7-9,11H,3-6H2,1-2H3. The van der Waals surface area contributed by atoms with Crippen LogP contribution in [0.2, 0.25) is 0 Å². The summed E-state index contributed by atoms with van der Waals surface area (Å²) in [5, 5.41) is 0. The van der Waals surface area contributed by atoms with Gasteiger partial charge >= 0.3 is 0 Å². The molecule has 1 fully saturated rings. The fraction of sp³-hybridized carbons (Fsp3) is 0.500. The summed E-state index contributed by atoms with van der Waals surface area (Å²) in [5.41, 5.74) is 1.90. The van der Waals surface area contributed by atoms with Crippen LogP contribution in [-0.2, 0) is 0 Å². The summed E-state index contributed by atoms with van der Waals surface area (Å²) in [4.78, 5) is 12.1. The summed E-state index contributed by atoms with van der Waals surface area (Å²) >= 11 is 0. The van der Waals surface area contributed by atoms with Crippen molar-refractivity contribution in [2.75, 3.05) is 6.61 Å². The predicted octanol–water partition coefficient (Wildman–Crippen LogP) is 3.38. The topological polar surface area (TPSA) is 26.3 Å². The first-order valence-corrected chi connectivity index (χ1v) is 5.99. The van der Waals surface area contributed by atoms with Crippen LogP contribution in [-0.4, -0.2) is 12.4 Å². The number of carbonyl (C=O) groups is 1. The number of ether oxygens (including phenoxy) is 1. The lowest BCUT2D eigenvalue weighted by molar-refractivity contribution is 0.0854. The number of aryl methyl sites for hydroxylation is 1. The first-order valence-electron chi connectivity index (χ1n) is 5.99. The van der Waals surface area contributed by atoms with Crippen LogP contribution < -0.4 is 4.74 Å². The molecule has 0 saturated heterocycles. The lowest BCUT2D eigenvalue weighted by atomic mass is 9.80. The first-order chi connectivity index (χ1) is 7.70. The molecule has 1 saturated carbocycles. The van der Waals surface area contributed by atoms with Gasteiger partial charge in [0.05, 0.1) is 6.61 Å². The Kier molecular flexibility index (Phi) is 3.28. The number of benzene rings is 1. The Morgan fingerprint density at radius 1 is 1.38 bits per heavy atom. The molecule has 1 aliphatic carbocycles. The van der Waals surface area contributed by atoms with E-state index in [2.05, 4.69) is 0 Å². The van der Waals surface area contributed by atoms with Crippen molar-refractivity contribution in [3.63, 3.8) is 0 Å². The molecule has 86 valence electrons. The molecule has 2 nitrogen and oxygen atoms in total. The van der Waals surface area contributed by atoms with Gasteiger partial charge in [0.15, 0.2) is 5.78 Å². The molecular formula is C14H18O2. The molecule has 0 spiro atoms. The molecule has 1 aromatic carbocycles. The van der Waals surface area contributed by atoms with E-state index in [1.807, 2.05) is 32.0 Å². The van der Waals surface area contributed by atoms with Crippen molar-refractivity contribution in [3.8, 4) is 5.75 Å². The summed E-state index contributed by atoms with van der Waals surface area (Å²) in [6, 6.07) is 5.81. The van der Waals surface area contributed by atoms with Gasteiger partial charge in [-0.05, 0) is 50.5 Å². The molecule has 0 unspecified atom stereocenters. The highest BCUT2D eigenvalue weighted by Crippen LogP contribution is 2.31. The number of Topliss-reactive ketones (excluding diaryl/α,β-unsaturated/α-hetero) is 1. The average Bonchev–Trinajstić information content (AvgIpc) is 2.14. The summed E-state index contributed by atoms with van der Waals surface area (Å²) in [6.45, 7) is 4.59. The van der Waals surface area contributed by atoms with E-state index in [0.717, 1.165) is 29.7 Å². The van der Waals surface area contributed by atoms with Crippen LogP contribution in [0.3, 0.4) is 0 Å². The molecule has 0 aromatic heterocycles. The first kappa shape index (κ1) is 11.2. The van der Waals surface area contributed by atoms with Crippen molar-refractivity contribution in [2.45, 2.75) is 33.1 Å². The molecule has 0 atom stereocenters. The molecule has 0 amide bonds. The molecule has 2 rings (SSSR count). The zero-order valence-electron chi connectivity index (χ0n) is 9.95. The van der Waals surface area contributed by atoms with Gasteiger partial charge in [0, 0.05) is 11.5 Å². The SMILES string of the molecule is CCOc1cc(C)cc(C(=O)C2CCC2)c1. The molecule has 2 heteroatoms. The van der Waals surface area contributed by atoms with E-state index < -0.39 is 0 Å². The maximum Gasteiger partial charge on any atom is 0.166 e. The second kappa shape index (κ2) is 4.69. The number of rotatable bonds is 4. The highest BCUT2D eigenvalue weighted by molar-refractivity contribution is 5.98.